The molecule has 472 valence electrons. The Morgan fingerprint density at radius 3 is 1.77 bits per heavy atom. The first-order valence-corrected chi connectivity index (χ1v) is 30.1. The standard InChI is InChI=1S/C56H94N14O14/c1-7-31(4)44-54(81)61-33(6)46(73)68-41(29-30(2)3)52(79)64-35-18-8-9-20-37(51(78)69-44)62-45(72)32(5)60-47(74)34(58)17-13-15-27-59-43(71)25-24-38-50(77)63-36(49(76)67-40(56(83)84)22-12-14-26-57)19-10-11-21-39(66-48(35)75)55(82)70-28-16-23-42(70)53(80)65-38/h30-42,44H,7-29,57-58H2,1-6H3,(H,59,71)(H,60,74)(H,61,81)(H,62,72)(H,63,77)(H,64,79)(H,65,80)(H,66,75)(H,67,76)(H,68,73)(H,69,78)(H,83,84)/t31?,32-,33-,34-,35-,36-,37+,38-,39+,40-,41-,42-,44-/m0/s1. The molecular weight excluding hydrogens is 1090 g/mol. The minimum atomic E-state index is -1.43. The Labute approximate surface area is 491 Å². The fourth-order valence-electron chi connectivity index (χ4n) is 10.6. The van der Waals surface area contributed by atoms with Gasteiger partial charge >= 0.3 is 5.97 Å². The summed E-state index contributed by atoms with van der Waals surface area (Å²) in [6, 6.07) is -15.3. The molecule has 1 unspecified atom stereocenters. The van der Waals surface area contributed by atoms with Gasteiger partial charge in [0.25, 0.3) is 0 Å². The first-order chi connectivity index (χ1) is 39.8. The summed E-state index contributed by atoms with van der Waals surface area (Å²) in [7, 11) is 0. The van der Waals surface area contributed by atoms with Crippen LogP contribution >= 0.6 is 0 Å². The van der Waals surface area contributed by atoms with E-state index in [-0.39, 0.29) is 109 Å². The lowest BCUT2D eigenvalue weighted by atomic mass is 9.96. The van der Waals surface area contributed by atoms with Crippen molar-refractivity contribution in [3.63, 3.8) is 0 Å². The summed E-state index contributed by atoms with van der Waals surface area (Å²) < 4.78 is 0. The van der Waals surface area contributed by atoms with E-state index in [1.165, 1.54) is 18.7 Å². The molecule has 13 atom stereocenters. The van der Waals surface area contributed by atoms with Crippen LogP contribution in [0, 0.1) is 11.8 Å². The van der Waals surface area contributed by atoms with Gasteiger partial charge in [0.2, 0.25) is 70.9 Å². The van der Waals surface area contributed by atoms with Gasteiger partial charge in [0.05, 0.1) is 6.04 Å². The molecule has 4 aliphatic rings. The van der Waals surface area contributed by atoms with Crippen molar-refractivity contribution in [2.75, 3.05) is 19.6 Å². The van der Waals surface area contributed by atoms with Crippen LogP contribution in [0.5, 0.6) is 0 Å². The number of carbonyl (C=O) groups excluding carboxylic acids is 12. The van der Waals surface area contributed by atoms with Crippen molar-refractivity contribution in [1.29, 1.82) is 0 Å². The molecule has 4 aliphatic heterocycles. The van der Waals surface area contributed by atoms with Gasteiger partial charge in [0.15, 0.2) is 0 Å². The number of fused-ring (bicyclic) bond motifs is 8. The summed E-state index contributed by atoms with van der Waals surface area (Å²) in [5.74, 6) is -10.8. The molecule has 0 saturated carbocycles. The highest BCUT2D eigenvalue weighted by atomic mass is 16.4. The summed E-state index contributed by atoms with van der Waals surface area (Å²) in [6.45, 7) is 10.5. The Morgan fingerprint density at radius 2 is 1.14 bits per heavy atom. The topological polar surface area (TPSA) is 430 Å². The van der Waals surface area contributed by atoms with Crippen LogP contribution in [-0.4, -0.2) is 179 Å². The highest BCUT2D eigenvalue weighted by molar-refractivity contribution is 5.99. The number of amides is 12. The van der Waals surface area contributed by atoms with Crippen LogP contribution < -0.4 is 70.0 Å². The largest absolute Gasteiger partial charge is 0.480 e. The minimum absolute atomic E-state index is 0.0393. The van der Waals surface area contributed by atoms with Gasteiger partial charge in [-0.05, 0) is 122 Å². The summed E-state index contributed by atoms with van der Waals surface area (Å²) in [4.78, 5) is 183. The van der Waals surface area contributed by atoms with Crippen LogP contribution in [-0.2, 0) is 62.3 Å². The average molecular weight is 1190 g/mol. The lowest BCUT2D eigenvalue weighted by molar-refractivity contribution is -0.143. The molecule has 0 aromatic heterocycles. The van der Waals surface area contributed by atoms with Crippen molar-refractivity contribution in [2.45, 2.75) is 242 Å². The maximum absolute atomic E-state index is 14.9. The fraction of sp³-hybridized carbons (Fsp3) is 0.768. The molecule has 4 saturated heterocycles. The summed E-state index contributed by atoms with van der Waals surface area (Å²) in [5.41, 5.74) is 11.9. The summed E-state index contributed by atoms with van der Waals surface area (Å²) >= 11 is 0. The van der Waals surface area contributed by atoms with E-state index < -0.39 is 155 Å². The monoisotopic (exact) mass is 1190 g/mol. The molecule has 28 heteroatoms. The number of nitrogens with two attached hydrogens (primary N) is 2. The van der Waals surface area contributed by atoms with Crippen LogP contribution in [0.4, 0.5) is 0 Å². The number of rotatable bonds is 11. The van der Waals surface area contributed by atoms with E-state index >= 15 is 0 Å². The first-order valence-electron chi connectivity index (χ1n) is 30.1. The zero-order valence-corrected chi connectivity index (χ0v) is 49.7. The van der Waals surface area contributed by atoms with Crippen LogP contribution in [0.2, 0.25) is 0 Å². The second kappa shape index (κ2) is 34.7. The van der Waals surface area contributed by atoms with Crippen molar-refractivity contribution >= 4 is 76.9 Å². The Balaban J connectivity index is 1.83. The molecule has 28 nitrogen and oxygen atoms in total. The van der Waals surface area contributed by atoms with E-state index in [1.54, 1.807) is 13.8 Å². The lowest BCUT2D eigenvalue weighted by Gasteiger charge is -2.32. The van der Waals surface area contributed by atoms with E-state index in [0.29, 0.717) is 45.1 Å². The molecule has 12 amide bonds. The van der Waals surface area contributed by atoms with Gasteiger partial charge in [-0.25, -0.2) is 4.79 Å². The predicted octanol–water partition coefficient (Wildman–Crippen LogP) is -2.27. The fourth-order valence-corrected chi connectivity index (χ4v) is 10.6. The van der Waals surface area contributed by atoms with Crippen LogP contribution in [0.15, 0.2) is 0 Å². The molecule has 4 bridgehead atoms. The zero-order chi connectivity index (χ0) is 62.2. The van der Waals surface area contributed by atoms with Crippen molar-refractivity contribution in [3.8, 4) is 0 Å². The molecule has 4 heterocycles. The number of carbonyl (C=O) groups is 13. The van der Waals surface area contributed by atoms with Crippen molar-refractivity contribution < 1.29 is 67.4 Å². The van der Waals surface area contributed by atoms with Crippen molar-refractivity contribution in [1.82, 2.24) is 63.4 Å². The van der Waals surface area contributed by atoms with Gasteiger partial charge in [-0.1, -0.05) is 59.8 Å². The molecular formula is C56H94N14O14. The van der Waals surface area contributed by atoms with Gasteiger partial charge in [-0.15, -0.1) is 0 Å². The minimum Gasteiger partial charge on any atom is -0.480 e. The number of carboxylic acids is 1. The molecule has 16 N–H and O–H groups in total. The average Bonchev–Trinajstić information content (AvgIpc) is 3.96. The predicted molar refractivity (Wildman–Crippen MR) is 306 cm³/mol. The number of unbranched alkanes of at least 4 members (excludes halogenated alkanes) is 1. The molecule has 4 rings (SSSR count). The second-order valence-electron chi connectivity index (χ2n) is 23.3. The summed E-state index contributed by atoms with van der Waals surface area (Å²) in [5, 5.41) is 39.6. The van der Waals surface area contributed by atoms with Crippen LogP contribution in [0.25, 0.3) is 0 Å². The van der Waals surface area contributed by atoms with E-state index in [2.05, 4.69) is 58.5 Å². The zero-order valence-electron chi connectivity index (χ0n) is 49.7. The second-order valence-corrected chi connectivity index (χ2v) is 23.3. The van der Waals surface area contributed by atoms with E-state index in [4.69, 9.17) is 11.5 Å². The molecule has 84 heavy (non-hydrogen) atoms. The van der Waals surface area contributed by atoms with Gasteiger partial charge in [-0.2, -0.15) is 0 Å². The quantitative estimate of drug-likeness (QED) is 0.0970. The normalized spacial score (nSPS) is 29.7. The molecule has 0 aromatic carbocycles. The first kappa shape index (κ1) is 69.5. The number of nitrogens with zero attached hydrogens (tertiary/aromatic N) is 1. The number of aliphatic carboxylic acids is 1. The van der Waals surface area contributed by atoms with Gasteiger partial charge in [-0.3, -0.25) is 57.5 Å². The SMILES string of the molecule is CCC(C)[C@@H]1NC(=O)[C@H]2CCCC[C@H](NC(=O)[C@H](CC(C)C)NC(=O)[C@H](C)NC1=O)C(=O)N[C@@H]1CCCC[C@@H](C(=O)N[C@@H](CCCCN)C(=O)O)NC(=O)[C@H](CCC(=O)NCCCC[C@H](N)C(=O)N[C@@H](C)C(=O)N2)NC(=O)[C@@H]2CCCN2C1=O. The molecule has 0 spiro atoms. The number of nitrogens with one attached hydrogen (secondary N) is 11. The third-order valence-corrected chi connectivity index (χ3v) is 15.9. The maximum Gasteiger partial charge on any atom is 0.326 e. The Bertz CT molecular complexity index is 2340. The smallest absolute Gasteiger partial charge is 0.326 e. The molecule has 0 aromatic rings. The van der Waals surface area contributed by atoms with E-state index in [0.717, 1.165) is 0 Å². The lowest BCUT2D eigenvalue weighted by Crippen LogP contribution is -2.61. The van der Waals surface area contributed by atoms with Crippen LogP contribution in [0.3, 0.4) is 0 Å². The summed E-state index contributed by atoms with van der Waals surface area (Å²) in [6.07, 6.45) is 2.43. The van der Waals surface area contributed by atoms with E-state index in [1.807, 2.05) is 13.8 Å². The molecule has 0 radical (unpaired) electrons. The molecule has 0 aliphatic carbocycles. The van der Waals surface area contributed by atoms with Gasteiger partial charge < -0.3 is 80.0 Å². The Hall–Kier alpha value is -6.97. The third kappa shape index (κ3) is 21.9. The maximum atomic E-state index is 14.9. The van der Waals surface area contributed by atoms with Crippen LogP contribution in [0.1, 0.15) is 170 Å². The number of hydrogen-bond acceptors (Lipinski definition) is 15. The van der Waals surface area contributed by atoms with Crippen molar-refractivity contribution in [3.05, 3.63) is 0 Å². The van der Waals surface area contributed by atoms with E-state index in [9.17, 15) is 67.4 Å². The van der Waals surface area contributed by atoms with Gasteiger partial charge in [0, 0.05) is 19.5 Å². The Kier molecular flexibility index (Phi) is 28.7. The molecule has 4 fully saturated rings. The highest BCUT2D eigenvalue weighted by Gasteiger charge is 2.41. The number of hydrogen-bond donors (Lipinski definition) is 14. The Morgan fingerprint density at radius 1 is 0.595 bits per heavy atom. The number of carboxylic acid groups (broad SMARTS) is 1. The third-order valence-electron chi connectivity index (χ3n) is 15.9. The van der Waals surface area contributed by atoms with Gasteiger partial charge in [0.1, 0.15) is 66.5 Å². The highest BCUT2D eigenvalue weighted by Crippen LogP contribution is 2.23. The van der Waals surface area contributed by atoms with Crippen molar-refractivity contribution in [2.24, 2.45) is 23.3 Å².